The largest absolute Gasteiger partial charge is 0.478 e. The Kier molecular flexibility index (Phi) is 4.80. The Labute approximate surface area is 171 Å². The van der Waals surface area contributed by atoms with Crippen molar-refractivity contribution in [2.75, 3.05) is 24.6 Å². The summed E-state index contributed by atoms with van der Waals surface area (Å²) in [4.78, 5) is 13.4. The number of benzene rings is 2. The van der Waals surface area contributed by atoms with E-state index in [0.29, 0.717) is 23.6 Å². The lowest BCUT2D eigenvalue weighted by Crippen LogP contribution is -2.45. The molecule has 2 N–H and O–H groups in total. The summed E-state index contributed by atoms with van der Waals surface area (Å²) in [6.45, 7) is 2.72. The molecule has 0 amide bonds. The molecule has 5 nitrogen and oxygen atoms in total. The normalized spacial score (nSPS) is 27.9. The average molecular weight is 392 g/mol. The molecule has 1 unspecified atom stereocenters. The second kappa shape index (κ2) is 7.47. The van der Waals surface area contributed by atoms with Gasteiger partial charge in [-0.05, 0) is 55.5 Å². The van der Waals surface area contributed by atoms with Gasteiger partial charge in [-0.15, -0.1) is 0 Å². The first-order valence-electron chi connectivity index (χ1n) is 10.7. The maximum atomic E-state index is 11.0. The molecule has 29 heavy (non-hydrogen) atoms. The van der Waals surface area contributed by atoms with E-state index in [1.807, 2.05) is 12.1 Å². The zero-order chi connectivity index (χ0) is 19.8. The number of nitrogens with one attached hydrogen (secondary N) is 1. The average Bonchev–Trinajstić information content (AvgIpc) is 3.42. The molecule has 2 aromatic rings. The quantitative estimate of drug-likeness (QED) is 0.813. The van der Waals surface area contributed by atoms with Crippen LogP contribution in [0.2, 0.25) is 0 Å². The van der Waals surface area contributed by atoms with Crippen molar-refractivity contribution in [3.63, 3.8) is 0 Å². The van der Waals surface area contributed by atoms with E-state index in [-0.39, 0.29) is 5.60 Å². The highest BCUT2D eigenvalue weighted by Crippen LogP contribution is 2.43. The first-order chi connectivity index (χ1) is 14.1. The molecule has 0 aromatic heterocycles. The van der Waals surface area contributed by atoms with Crippen molar-refractivity contribution in [1.82, 2.24) is 5.32 Å². The van der Waals surface area contributed by atoms with Crippen molar-refractivity contribution in [1.29, 1.82) is 0 Å². The molecule has 3 aliphatic rings. The van der Waals surface area contributed by atoms with Gasteiger partial charge in [0.25, 0.3) is 0 Å². The molecule has 5 rings (SSSR count). The van der Waals surface area contributed by atoms with Crippen LogP contribution in [-0.2, 0) is 4.74 Å². The van der Waals surface area contributed by atoms with Crippen LogP contribution in [0.3, 0.4) is 0 Å². The number of carboxylic acid groups (broad SMARTS) is 1. The van der Waals surface area contributed by atoms with Gasteiger partial charge in [0.1, 0.15) is 0 Å². The van der Waals surface area contributed by atoms with Crippen LogP contribution in [0, 0.1) is 0 Å². The minimum Gasteiger partial charge on any atom is -0.478 e. The number of piperidine rings is 1. The third-order valence-corrected chi connectivity index (χ3v) is 6.83. The summed E-state index contributed by atoms with van der Waals surface area (Å²) in [6, 6.07) is 19.0. The molecule has 2 saturated heterocycles. The fourth-order valence-electron chi connectivity index (χ4n) is 5.04. The zero-order valence-corrected chi connectivity index (χ0v) is 16.6. The SMILES string of the molecule is O=C(O)c1ccc(N2CCC3(CC2)CC(N[C@@H]2C[C@H]2c2ccccc2)CO3)cc1. The third-order valence-electron chi connectivity index (χ3n) is 6.83. The second-order valence-corrected chi connectivity index (χ2v) is 8.76. The maximum absolute atomic E-state index is 11.0. The second-order valence-electron chi connectivity index (χ2n) is 8.76. The summed E-state index contributed by atoms with van der Waals surface area (Å²) in [5.41, 5.74) is 2.89. The van der Waals surface area contributed by atoms with Gasteiger partial charge in [-0.3, -0.25) is 0 Å². The van der Waals surface area contributed by atoms with E-state index in [2.05, 4.69) is 40.5 Å². The van der Waals surface area contributed by atoms with E-state index in [0.717, 1.165) is 44.6 Å². The predicted molar refractivity (Wildman–Crippen MR) is 113 cm³/mol. The van der Waals surface area contributed by atoms with Crippen molar-refractivity contribution in [2.45, 2.75) is 49.3 Å². The lowest BCUT2D eigenvalue weighted by Gasteiger charge is -2.39. The Balaban J connectivity index is 1.13. The number of ether oxygens (including phenoxy) is 1. The van der Waals surface area contributed by atoms with Gasteiger partial charge in [0.15, 0.2) is 0 Å². The highest BCUT2D eigenvalue weighted by atomic mass is 16.5. The molecule has 1 spiro atoms. The molecular formula is C24H28N2O3. The first kappa shape index (κ1) is 18.6. The Morgan fingerprint density at radius 2 is 1.79 bits per heavy atom. The fourth-order valence-corrected chi connectivity index (χ4v) is 5.04. The molecule has 0 bridgehead atoms. The Bertz CT molecular complexity index is 859. The van der Waals surface area contributed by atoms with Crippen LogP contribution in [-0.4, -0.2) is 48.5 Å². The number of anilines is 1. The lowest BCUT2D eigenvalue weighted by molar-refractivity contribution is -0.0150. The molecule has 0 radical (unpaired) electrons. The van der Waals surface area contributed by atoms with E-state index < -0.39 is 5.97 Å². The van der Waals surface area contributed by atoms with E-state index in [1.54, 1.807) is 12.1 Å². The summed E-state index contributed by atoms with van der Waals surface area (Å²) in [5.74, 6) is -0.222. The van der Waals surface area contributed by atoms with E-state index >= 15 is 0 Å². The molecule has 3 fully saturated rings. The predicted octanol–water partition coefficient (Wildman–Crippen LogP) is 3.66. The van der Waals surface area contributed by atoms with Crippen LogP contribution in [0.25, 0.3) is 0 Å². The lowest BCUT2D eigenvalue weighted by atomic mass is 9.87. The van der Waals surface area contributed by atoms with Crippen LogP contribution >= 0.6 is 0 Å². The standard InChI is InChI=1S/C24H28N2O3/c27-23(28)18-6-8-20(9-7-18)26-12-10-24(11-13-26)15-19(16-29-24)25-22-14-21(22)17-4-2-1-3-5-17/h1-9,19,21-22,25H,10-16H2,(H,27,28)/t19?,21-,22+/m0/s1. The molecule has 5 heteroatoms. The van der Waals surface area contributed by atoms with Crippen molar-refractivity contribution < 1.29 is 14.6 Å². The summed E-state index contributed by atoms with van der Waals surface area (Å²) in [6.07, 6.45) is 4.38. The van der Waals surface area contributed by atoms with Gasteiger partial charge in [-0.25, -0.2) is 4.79 Å². The summed E-state index contributed by atoms with van der Waals surface area (Å²) in [5, 5.41) is 12.9. The molecule has 152 valence electrons. The summed E-state index contributed by atoms with van der Waals surface area (Å²) in [7, 11) is 0. The molecule has 2 aromatic carbocycles. The number of hydrogen-bond donors (Lipinski definition) is 2. The molecule has 1 saturated carbocycles. The minimum absolute atomic E-state index is 0.00626. The van der Waals surface area contributed by atoms with E-state index in [9.17, 15) is 4.79 Å². The van der Waals surface area contributed by atoms with Crippen molar-refractivity contribution in [2.24, 2.45) is 0 Å². The van der Waals surface area contributed by atoms with Crippen molar-refractivity contribution in [3.8, 4) is 0 Å². The Hall–Kier alpha value is -2.37. The van der Waals surface area contributed by atoms with E-state index in [4.69, 9.17) is 9.84 Å². The number of carbonyl (C=O) groups is 1. The van der Waals surface area contributed by atoms with Crippen molar-refractivity contribution in [3.05, 3.63) is 65.7 Å². The fraction of sp³-hybridized carbons (Fsp3) is 0.458. The number of hydrogen-bond acceptors (Lipinski definition) is 4. The van der Waals surface area contributed by atoms with Gasteiger partial charge in [-0.2, -0.15) is 0 Å². The first-order valence-corrected chi connectivity index (χ1v) is 10.7. The van der Waals surface area contributed by atoms with Gasteiger partial charge in [-0.1, -0.05) is 30.3 Å². The van der Waals surface area contributed by atoms with Crippen LogP contribution in [0.1, 0.15) is 47.5 Å². The van der Waals surface area contributed by atoms with Gasteiger partial charge < -0.3 is 20.1 Å². The topological polar surface area (TPSA) is 61.8 Å². The molecule has 2 aliphatic heterocycles. The van der Waals surface area contributed by atoms with Gasteiger partial charge in [0, 0.05) is 36.8 Å². The highest BCUT2D eigenvalue weighted by Gasteiger charge is 2.46. The number of carboxylic acids is 1. The monoisotopic (exact) mass is 392 g/mol. The van der Waals surface area contributed by atoms with Crippen molar-refractivity contribution >= 4 is 11.7 Å². The Morgan fingerprint density at radius 3 is 2.48 bits per heavy atom. The van der Waals surface area contributed by atoms with Gasteiger partial charge in [0.2, 0.25) is 0 Å². The zero-order valence-electron chi connectivity index (χ0n) is 16.6. The molecule has 2 heterocycles. The highest BCUT2D eigenvalue weighted by molar-refractivity contribution is 5.88. The molecule has 3 atom stereocenters. The number of rotatable bonds is 5. The maximum Gasteiger partial charge on any atom is 0.335 e. The molecule has 1 aliphatic carbocycles. The van der Waals surface area contributed by atoms with Gasteiger partial charge in [0.05, 0.1) is 17.8 Å². The smallest absolute Gasteiger partial charge is 0.335 e. The Morgan fingerprint density at radius 1 is 1.07 bits per heavy atom. The minimum atomic E-state index is -0.878. The van der Waals surface area contributed by atoms with Crippen LogP contribution in [0.15, 0.2) is 54.6 Å². The van der Waals surface area contributed by atoms with Crippen LogP contribution < -0.4 is 10.2 Å². The van der Waals surface area contributed by atoms with Crippen LogP contribution in [0.4, 0.5) is 5.69 Å². The van der Waals surface area contributed by atoms with Crippen LogP contribution in [0.5, 0.6) is 0 Å². The van der Waals surface area contributed by atoms with Gasteiger partial charge >= 0.3 is 5.97 Å². The third kappa shape index (κ3) is 3.89. The summed E-state index contributed by atoms with van der Waals surface area (Å²) >= 11 is 0. The number of aromatic carboxylic acids is 1. The number of nitrogens with zero attached hydrogens (tertiary/aromatic N) is 1. The summed E-state index contributed by atoms with van der Waals surface area (Å²) < 4.78 is 6.33. The van der Waals surface area contributed by atoms with E-state index in [1.165, 1.54) is 12.0 Å². The molecular weight excluding hydrogens is 364 g/mol.